The Morgan fingerprint density at radius 1 is 1.22 bits per heavy atom. The maximum Gasteiger partial charge on any atom is 0.230 e. The van der Waals surface area contributed by atoms with E-state index in [0.717, 1.165) is 10.6 Å². The number of carbonyl (C=O) groups excluding carboxylic acids is 1. The molecule has 1 aromatic heterocycles. The van der Waals surface area contributed by atoms with Crippen molar-refractivity contribution in [3.63, 3.8) is 0 Å². The molecule has 0 atom stereocenters. The second-order valence-electron chi connectivity index (χ2n) is 3.58. The third-order valence-electron chi connectivity index (χ3n) is 2.20. The molecule has 0 radical (unpaired) electrons. The van der Waals surface area contributed by atoms with Crippen LogP contribution in [0.25, 0.3) is 0 Å². The highest BCUT2D eigenvalue weighted by Crippen LogP contribution is 2.16. The van der Waals surface area contributed by atoms with Gasteiger partial charge in [0.05, 0.1) is 24.2 Å². The average molecular weight is 259 g/mol. The molecule has 1 N–H and O–H groups in total. The Labute approximate surface area is 110 Å². The van der Waals surface area contributed by atoms with E-state index in [2.05, 4.69) is 15.3 Å². The Hall–Kier alpha value is -1.88. The van der Waals surface area contributed by atoms with Gasteiger partial charge in [0, 0.05) is 17.3 Å². The molecule has 0 aliphatic carbocycles. The molecule has 0 bridgehead atoms. The lowest BCUT2D eigenvalue weighted by Crippen LogP contribution is -2.25. The number of nitrogens with zero attached hydrogens (tertiary/aromatic N) is 2. The van der Waals surface area contributed by atoms with E-state index in [0.29, 0.717) is 12.3 Å². The molecule has 0 aliphatic heterocycles. The van der Waals surface area contributed by atoms with E-state index in [1.807, 2.05) is 30.3 Å². The molecule has 92 valence electrons. The zero-order valence-electron chi connectivity index (χ0n) is 9.74. The van der Waals surface area contributed by atoms with E-state index in [4.69, 9.17) is 0 Å². The Bertz CT molecular complexity index is 445. The van der Waals surface area contributed by atoms with Gasteiger partial charge in [0.1, 0.15) is 0 Å². The van der Waals surface area contributed by atoms with Gasteiger partial charge in [0.25, 0.3) is 0 Å². The van der Waals surface area contributed by atoms with Gasteiger partial charge in [-0.1, -0.05) is 18.2 Å². The second kappa shape index (κ2) is 6.76. The van der Waals surface area contributed by atoms with Crippen LogP contribution in [0.5, 0.6) is 0 Å². The molecule has 0 fully saturated rings. The van der Waals surface area contributed by atoms with Crippen LogP contribution in [0.4, 0.5) is 0 Å². The molecule has 2 aromatic rings. The van der Waals surface area contributed by atoms with Gasteiger partial charge < -0.3 is 5.32 Å². The van der Waals surface area contributed by atoms with Crippen molar-refractivity contribution in [2.24, 2.45) is 0 Å². The topological polar surface area (TPSA) is 54.9 Å². The molecule has 1 aromatic carbocycles. The maximum atomic E-state index is 11.6. The molecule has 5 heteroatoms. The monoisotopic (exact) mass is 259 g/mol. The van der Waals surface area contributed by atoms with Gasteiger partial charge in [-0.3, -0.25) is 14.8 Å². The summed E-state index contributed by atoms with van der Waals surface area (Å²) in [5.74, 6) is 0.402. The molecular formula is C13H13N3OS. The van der Waals surface area contributed by atoms with Crippen LogP contribution in [0.15, 0.2) is 53.8 Å². The van der Waals surface area contributed by atoms with Crippen molar-refractivity contribution in [3.8, 4) is 0 Å². The van der Waals surface area contributed by atoms with Gasteiger partial charge in [-0.2, -0.15) is 0 Å². The first-order valence-electron chi connectivity index (χ1n) is 5.54. The van der Waals surface area contributed by atoms with Gasteiger partial charge in [-0.15, -0.1) is 11.8 Å². The van der Waals surface area contributed by atoms with Crippen molar-refractivity contribution >= 4 is 17.7 Å². The summed E-state index contributed by atoms with van der Waals surface area (Å²) in [7, 11) is 0. The van der Waals surface area contributed by atoms with Gasteiger partial charge in [0.15, 0.2) is 0 Å². The zero-order valence-corrected chi connectivity index (χ0v) is 10.6. The third-order valence-corrected chi connectivity index (χ3v) is 3.21. The van der Waals surface area contributed by atoms with Crippen molar-refractivity contribution in [1.29, 1.82) is 0 Å². The zero-order chi connectivity index (χ0) is 12.6. The molecule has 0 aliphatic rings. The standard InChI is InChI=1S/C13H13N3OS/c17-13(10-18-12-4-2-1-3-5-12)16-9-11-8-14-6-7-15-11/h1-8H,9-10H2,(H,16,17). The van der Waals surface area contributed by atoms with E-state index in [1.54, 1.807) is 18.6 Å². The Morgan fingerprint density at radius 2 is 2.06 bits per heavy atom. The highest BCUT2D eigenvalue weighted by molar-refractivity contribution is 8.00. The first-order valence-corrected chi connectivity index (χ1v) is 6.52. The largest absolute Gasteiger partial charge is 0.350 e. The fourth-order valence-electron chi connectivity index (χ4n) is 1.33. The van der Waals surface area contributed by atoms with E-state index in [9.17, 15) is 4.79 Å². The predicted molar refractivity (Wildman–Crippen MR) is 71.0 cm³/mol. The first kappa shape index (κ1) is 12.6. The summed E-state index contributed by atoms with van der Waals surface area (Å²) < 4.78 is 0. The minimum absolute atomic E-state index is 0.00509. The summed E-state index contributed by atoms with van der Waals surface area (Å²) in [6, 6.07) is 9.85. The minimum atomic E-state index is -0.00509. The maximum absolute atomic E-state index is 11.6. The number of aromatic nitrogens is 2. The molecule has 0 spiro atoms. The van der Waals surface area contributed by atoms with Crippen molar-refractivity contribution < 1.29 is 4.79 Å². The second-order valence-corrected chi connectivity index (χ2v) is 4.62. The summed E-state index contributed by atoms with van der Waals surface area (Å²) in [6.07, 6.45) is 4.86. The SMILES string of the molecule is O=C(CSc1ccccc1)NCc1cnccn1. The van der Waals surface area contributed by atoms with E-state index in [1.165, 1.54) is 11.8 Å². The summed E-state index contributed by atoms with van der Waals surface area (Å²) >= 11 is 1.52. The van der Waals surface area contributed by atoms with Crippen molar-refractivity contribution in [3.05, 3.63) is 54.6 Å². The molecule has 0 unspecified atom stereocenters. The number of amides is 1. The Balaban J connectivity index is 1.73. The molecular weight excluding hydrogens is 246 g/mol. The number of thioether (sulfide) groups is 1. The highest BCUT2D eigenvalue weighted by atomic mass is 32.2. The lowest BCUT2D eigenvalue weighted by atomic mass is 10.4. The summed E-state index contributed by atoms with van der Waals surface area (Å²) in [5, 5.41) is 2.81. The van der Waals surface area contributed by atoms with Crippen LogP contribution in [0.1, 0.15) is 5.69 Å². The number of hydrogen-bond donors (Lipinski definition) is 1. The summed E-state index contributed by atoms with van der Waals surface area (Å²) in [4.78, 5) is 20.7. The molecule has 18 heavy (non-hydrogen) atoms. The third kappa shape index (κ3) is 4.18. The Kier molecular flexibility index (Phi) is 4.72. The van der Waals surface area contributed by atoms with Crippen LogP contribution in [0.2, 0.25) is 0 Å². The first-order chi connectivity index (χ1) is 8.84. The van der Waals surface area contributed by atoms with E-state index < -0.39 is 0 Å². The van der Waals surface area contributed by atoms with Crippen LogP contribution < -0.4 is 5.32 Å². The number of rotatable bonds is 5. The van der Waals surface area contributed by atoms with Crippen LogP contribution in [0, 0.1) is 0 Å². The number of benzene rings is 1. The normalized spacial score (nSPS) is 10.0. The van der Waals surface area contributed by atoms with Crippen molar-refractivity contribution in [2.75, 3.05) is 5.75 Å². The van der Waals surface area contributed by atoms with Crippen molar-refractivity contribution in [1.82, 2.24) is 15.3 Å². The van der Waals surface area contributed by atoms with E-state index in [-0.39, 0.29) is 5.91 Å². The fraction of sp³-hybridized carbons (Fsp3) is 0.154. The average Bonchev–Trinajstić information content (AvgIpc) is 2.45. The van der Waals surface area contributed by atoms with Gasteiger partial charge >= 0.3 is 0 Å². The van der Waals surface area contributed by atoms with Gasteiger partial charge in [0.2, 0.25) is 5.91 Å². The van der Waals surface area contributed by atoms with Gasteiger partial charge in [-0.25, -0.2) is 0 Å². The van der Waals surface area contributed by atoms with Crippen LogP contribution in [0.3, 0.4) is 0 Å². The molecule has 1 amide bonds. The molecule has 1 heterocycles. The molecule has 0 saturated heterocycles. The smallest absolute Gasteiger partial charge is 0.230 e. The fourth-order valence-corrected chi connectivity index (χ4v) is 2.08. The lowest BCUT2D eigenvalue weighted by Gasteiger charge is -2.04. The Morgan fingerprint density at radius 3 is 2.78 bits per heavy atom. The predicted octanol–water partition coefficient (Wildman–Crippen LogP) is 1.89. The number of hydrogen-bond acceptors (Lipinski definition) is 4. The molecule has 0 saturated carbocycles. The quantitative estimate of drug-likeness (QED) is 0.833. The van der Waals surface area contributed by atoms with Gasteiger partial charge in [-0.05, 0) is 12.1 Å². The van der Waals surface area contributed by atoms with Crippen LogP contribution >= 0.6 is 11.8 Å². The van der Waals surface area contributed by atoms with Crippen LogP contribution in [-0.2, 0) is 11.3 Å². The highest BCUT2D eigenvalue weighted by Gasteiger charge is 2.02. The molecule has 2 rings (SSSR count). The number of carbonyl (C=O) groups is 1. The van der Waals surface area contributed by atoms with Crippen molar-refractivity contribution in [2.45, 2.75) is 11.4 Å². The summed E-state index contributed by atoms with van der Waals surface area (Å²) in [6.45, 7) is 0.419. The lowest BCUT2D eigenvalue weighted by molar-refractivity contribution is -0.118. The summed E-state index contributed by atoms with van der Waals surface area (Å²) in [5.41, 5.74) is 0.760. The van der Waals surface area contributed by atoms with Crippen LogP contribution in [-0.4, -0.2) is 21.6 Å². The minimum Gasteiger partial charge on any atom is -0.350 e. The molecule has 4 nitrogen and oxygen atoms in total. The van der Waals surface area contributed by atoms with E-state index >= 15 is 0 Å². The number of nitrogens with one attached hydrogen (secondary N) is 1.